The van der Waals surface area contributed by atoms with Gasteiger partial charge in [-0.25, -0.2) is 20.8 Å². The number of hydrogen-bond acceptors (Lipinski definition) is 6. The van der Waals surface area contributed by atoms with Gasteiger partial charge in [0.25, 0.3) is 25.5 Å². The van der Waals surface area contributed by atoms with E-state index in [0.717, 1.165) is 3.97 Å². The molecule has 7 nitrogen and oxygen atoms in total. The van der Waals surface area contributed by atoms with Crippen LogP contribution in [-0.2, 0) is 28.6 Å². The fourth-order valence-corrected chi connectivity index (χ4v) is 5.98. The van der Waals surface area contributed by atoms with E-state index in [1.807, 2.05) is 0 Å². The summed E-state index contributed by atoms with van der Waals surface area (Å²) in [7, 11) is -2.64. The Kier molecular flexibility index (Phi) is 7.34. The number of hydrogen-bond donors (Lipinski definition) is 0. The minimum atomic E-state index is -4.17. The molecule has 3 aromatic rings. The summed E-state index contributed by atoms with van der Waals surface area (Å²) in [4.78, 5) is 8.96. The highest BCUT2D eigenvalue weighted by atomic mass is 35.7. The number of halogens is 2. The van der Waals surface area contributed by atoms with E-state index in [1.165, 1.54) is 37.3 Å². The van der Waals surface area contributed by atoms with E-state index < -0.39 is 19.1 Å². The Bertz CT molecular complexity index is 1240. The fourth-order valence-electron chi connectivity index (χ4n) is 2.72. The van der Waals surface area contributed by atoms with E-state index >= 15 is 0 Å². The number of carbonyl (C=O) groups excluding carboxylic acids is 1. The lowest BCUT2D eigenvalue weighted by Gasteiger charge is -2.10. The maximum absolute atomic E-state index is 13.0. The average molecular weight is 478 g/mol. The van der Waals surface area contributed by atoms with Crippen LogP contribution in [0, 0.1) is 6.92 Å². The first kappa shape index (κ1) is 23.2. The molecule has 11 heteroatoms. The van der Waals surface area contributed by atoms with Crippen LogP contribution in [-0.4, -0.2) is 33.9 Å². The second-order valence-electron chi connectivity index (χ2n) is 5.65. The van der Waals surface area contributed by atoms with Gasteiger partial charge in [0.05, 0.1) is 22.7 Å². The van der Waals surface area contributed by atoms with Crippen LogP contribution in [0.5, 0.6) is 0 Å². The van der Waals surface area contributed by atoms with Gasteiger partial charge in [0.1, 0.15) is 4.90 Å². The summed E-state index contributed by atoms with van der Waals surface area (Å²) < 4.78 is 55.0. The quantitative estimate of drug-likeness (QED) is 0.407. The smallest absolute Gasteiger partial charge is 0.293 e. The van der Waals surface area contributed by atoms with Gasteiger partial charge in [0.2, 0.25) is 0 Å². The molecule has 0 bridgehead atoms. The summed E-state index contributed by atoms with van der Waals surface area (Å²) in [5.74, 6) is 0. The van der Waals surface area contributed by atoms with E-state index in [2.05, 4.69) is 4.74 Å². The van der Waals surface area contributed by atoms with Crippen LogP contribution in [0.1, 0.15) is 12.6 Å². The molecule has 29 heavy (non-hydrogen) atoms. The van der Waals surface area contributed by atoms with Crippen molar-refractivity contribution in [2.75, 3.05) is 6.61 Å². The zero-order valence-electron chi connectivity index (χ0n) is 15.4. The van der Waals surface area contributed by atoms with Gasteiger partial charge in [0, 0.05) is 21.1 Å². The SMILES string of the molecule is CCOC=O.Cc1c(S(=O)(=O)Cl)c2cc(Cl)ccc2n1S(=O)(=O)c1ccccc1. The molecule has 3 rings (SSSR count). The standard InChI is InChI=1S/C15H11Cl2NO4S2.C3H6O2/c1-10-15(23(17,19)20)13-9-11(16)7-8-14(13)18(10)24(21,22)12-5-3-2-4-6-12;1-2-5-3-4/h2-9H,1H3;3H,2H2,1H3. The van der Waals surface area contributed by atoms with Crippen molar-refractivity contribution in [1.82, 2.24) is 3.97 Å². The fraction of sp³-hybridized carbons (Fsp3) is 0.167. The number of ether oxygens (including phenoxy) is 1. The molecule has 0 fully saturated rings. The van der Waals surface area contributed by atoms with Gasteiger partial charge in [0.15, 0.2) is 0 Å². The van der Waals surface area contributed by atoms with Gasteiger partial charge in [-0.05, 0) is 44.2 Å². The summed E-state index contributed by atoms with van der Waals surface area (Å²) in [6.07, 6.45) is 0. The predicted octanol–water partition coefficient (Wildman–Crippen LogP) is 3.95. The summed E-state index contributed by atoms with van der Waals surface area (Å²) >= 11 is 5.94. The van der Waals surface area contributed by atoms with Crippen molar-refractivity contribution in [3.8, 4) is 0 Å². The second-order valence-corrected chi connectivity index (χ2v) is 10.4. The molecule has 0 saturated heterocycles. The first-order chi connectivity index (χ1) is 13.6. The number of nitrogens with zero attached hydrogens (tertiary/aromatic N) is 1. The van der Waals surface area contributed by atoms with E-state index in [4.69, 9.17) is 22.3 Å². The Morgan fingerprint density at radius 3 is 2.17 bits per heavy atom. The highest BCUT2D eigenvalue weighted by molar-refractivity contribution is 8.14. The monoisotopic (exact) mass is 477 g/mol. The first-order valence-corrected chi connectivity index (χ1v) is 12.3. The van der Waals surface area contributed by atoms with Crippen LogP contribution in [0.25, 0.3) is 10.9 Å². The highest BCUT2D eigenvalue weighted by Gasteiger charge is 2.29. The minimum absolute atomic E-state index is 0.00567. The van der Waals surface area contributed by atoms with E-state index in [1.54, 1.807) is 25.1 Å². The molecule has 0 spiro atoms. The Labute approximate surface area is 178 Å². The second kappa shape index (κ2) is 9.17. The lowest BCUT2D eigenvalue weighted by molar-refractivity contribution is -0.128. The molecular formula is C18H17Cl2NO6S2. The van der Waals surface area contributed by atoms with Crippen molar-refractivity contribution in [3.05, 3.63) is 59.2 Å². The molecule has 2 aromatic carbocycles. The third kappa shape index (κ3) is 4.92. The topological polar surface area (TPSA) is 99.5 Å². The van der Waals surface area contributed by atoms with E-state index in [-0.39, 0.29) is 31.4 Å². The van der Waals surface area contributed by atoms with Crippen LogP contribution >= 0.6 is 22.3 Å². The normalized spacial score (nSPS) is 11.6. The predicted molar refractivity (Wildman–Crippen MR) is 111 cm³/mol. The van der Waals surface area contributed by atoms with Crippen molar-refractivity contribution < 1.29 is 26.4 Å². The third-order valence-corrected chi connectivity index (χ3v) is 7.34. The summed E-state index contributed by atoms with van der Waals surface area (Å²) in [5, 5.41) is 0.438. The first-order valence-electron chi connectivity index (χ1n) is 8.16. The van der Waals surface area contributed by atoms with Crippen molar-refractivity contribution in [1.29, 1.82) is 0 Å². The molecule has 1 heterocycles. The van der Waals surface area contributed by atoms with Crippen LogP contribution in [0.4, 0.5) is 0 Å². The van der Waals surface area contributed by atoms with Crippen molar-refractivity contribution in [2.45, 2.75) is 23.6 Å². The van der Waals surface area contributed by atoms with Gasteiger partial charge >= 0.3 is 0 Å². The molecule has 0 aliphatic carbocycles. The Hall–Kier alpha value is -2.07. The Morgan fingerprint density at radius 1 is 1.07 bits per heavy atom. The number of fused-ring (bicyclic) bond motifs is 1. The zero-order chi connectivity index (χ0) is 21.8. The largest absolute Gasteiger partial charge is 0.468 e. The molecule has 0 aliphatic heterocycles. The molecule has 0 saturated carbocycles. The lowest BCUT2D eigenvalue weighted by atomic mass is 10.2. The van der Waals surface area contributed by atoms with Crippen LogP contribution in [0.15, 0.2) is 58.3 Å². The molecule has 0 aliphatic rings. The molecule has 0 N–H and O–H groups in total. The average Bonchev–Trinajstić information content (AvgIpc) is 2.95. The lowest BCUT2D eigenvalue weighted by Crippen LogP contribution is -2.14. The summed E-state index contributed by atoms with van der Waals surface area (Å²) in [6.45, 7) is 4.06. The van der Waals surface area contributed by atoms with Gasteiger partial charge in [-0.15, -0.1) is 0 Å². The van der Waals surface area contributed by atoms with Gasteiger partial charge < -0.3 is 4.74 Å². The highest BCUT2D eigenvalue weighted by Crippen LogP contribution is 2.36. The Morgan fingerprint density at radius 2 is 1.69 bits per heavy atom. The van der Waals surface area contributed by atoms with Crippen LogP contribution in [0.3, 0.4) is 0 Å². The molecule has 0 radical (unpaired) electrons. The summed E-state index contributed by atoms with van der Waals surface area (Å²) in [6, 6.07) is 12.1. The zero-order valence-corrected chi connectivity index (χ0v) is 18.5. The molecular weight excluding hydrogens is 461 g/mol. The van der Waals surface area contributed by atoms with E-state index in [0.29, 0.717) is 13.1 Å². The number of carbonyl (C=O) groups is 1. The maximum atomic E-state index is 13.0. The van der Waals surface area contributed by atoms with Gasteiger partial charge in [-0.1, -0.05) is 29.8 Å². The number of rotatable bonds is 5. The number of aromatic nitrogens is 1. The van der Waals surface area contributed by atoms with Crippen molar-refractivity contribution >= 4 is 58.7 Å². The molecule has 156 valence electrons. The summed E-state index contributed by atoms with van der Waals surface area (Å²) in [5.41, 5.74) is 0.200. The van der Waals surface area contributed by atoms with Crippen LogP contribution < -0.4 is 0 Å². The molecule has 1 aromatic heterocycles. The van der Waals surface area contributed by atoms with E-state index in [9.17, 15) is 21.6 Å². The van der Waals surface area contributed by atoms with Crippen LogP contribution in [0.2, 0.25) is 5.02 Å². The third-order valence-electron chi connectivity index (χ3n) is 3.82. The molecule has 0 amide bonds. The minimum Gasteiger partial charge on any atom is -0.468 e. The number of benzene rings is 2. The van der Waals surface area contributed by atoms with Crippen molar-refractivity contribution in [3.63, 3.8) is 0 Å². The molecule has 0 atom stereocenters. The van der Waals surface area contributed by atoms with Crippen molar-refractivity contribution in [2.24, 2.45) is 0 Å². The molecule has 0 unspecified atom stereocenters. The Balaban J connectivity index is 0.000000537. The van der Waals surface area contributed by atoms with Gasteiger partial charge in [-0.2, -0.15) is 0 Å². The maximum Gasteiger partial charge on any atom is 0.293 e. The van der Waals surface area contributed by atoms with Gasteiger partial charge in [-0.3, -0.25) is 4.79 Å².